The van der Waals surface area contributed by atoms with Crippen molar-refractivity contribution in [3.63, 3.8) is 0 Å². The van der Waals surface area contributed by atoms with E-state index < -0.39 is 10.0 Å². The van der Waals surface area contributed by atoms with Gasteiger partial charge >= 0.3 is 0 Å². The molecule has 0 radical (unpaired) electrons. The molecule has 0 spiro atoms. The number of rotatable bonds is 6. The van der Waals surface area contributed by atoms with E-state index in [0.29, 0.717) is 6.42 Å². The second kappa shape index (κ2) is 7.20. The van der Waals surface area contributed by atoms with Crippen LogP contribution in [0.4, 0.5) is 0 Å². The number of hydrogen-bond donors (Lipinski definition) is 1. The molecule has 0 aliphatic carbocycles. The first-order chi connectivity index (χ1) is 10.1. The standard InChI is InChI=1S/C17H19NO2S/c1-15(14-17-10-6-3-7-11-17)18-21(19,20)13-12-16-8-4-2-5-9-16/h2-13,15,18H,14H2,1H3/b13-12+/t15-/m0/s1. The molecule has 0 unspecified atom stereocenters. The van der Waals surface area contributed by atoms with Crippen molar-refractivity contribution in [2.24, 2.45) is 0 Å². The molecule has 1 atom stereocenters. The fourth-order valence-corrected chi connectivity index (χ4v) is 3.12. The predicted molar refractivity (Wildman–Crippen MR) is 87.1 cm³/mol. The van der Waals surface area contributed by atoms with Gasteiger partial charge in [-0.2, -0.15) is 0 Å². The molecule has 2 rings (SSSR count). The highest BCUT2D eigenvalue weighted by atomic mass is 32.2. The Morgan fingerprint density at radius 1 is 1.00 bits per heavy atom. The summed E-state index contributed by atoms with van der Waals surface area (Å²) in [5, 5.41) is 1.21. The molecule has 0 aliphatic rings. The van der Waals surface area contributed by atoms with Gasteiger partial charge in [-0.25, -0.2) is 13.1 Å². The van der Waals surface area contributed by atoms with Crippen LogP contribution in [0.15, 0.2) is 66.1 Å². The molecule has 21 heavy (non-hydrogen) atoms. The van der Waals surface area contributed by atoms with E-state index in [1.165, 1.54) is 5.41 Å². The van der Waals surface area contributed by atoms with Gasteiger partial charge in [-0.1, -0.05) is 60.7 Å². The summed E-state index contributed by atoms with van der Waals surface area (Å²) in [7, 11) is -3.43. The summed E-state index contributed by atoms with van der Waals surface area (Å²) in [6, 6.07) is 19.0. The summed E-state index contributed by atoms with van der Waals surface area (Å²) in [6.07, 6.45) is 2.26. The van der Waals surface area contributed by atoms with Crippen LogP contribution in [-0.4, -0.2) is 14.5 Å². The maximum absolute atomic E-state index is 12.0. The van der Waals surface area contributed by atoms with Crippen molar-refractivity contribution in [1.29, 1.82) is 0 Å². The van der Waals surface area contributed by atoms with Gasteiger partial charge in [-0.3, -0.25) is 0 Å². The molecule has 0 fully saturated rings. The molecule has 4 heteroatoms. The largest absolute Gasteiger partial charge is 0.233 e. The van der Waals surface area contributed by atoms with E-state index in [-0.39, 0.29) is 6.04 Å². The Kier molecular flexibility index (Phi) is 5.31. The Labute approximate surface area is 126 Å². The molecule has 0 aliphatic heterocycles. The van der Waals surface area contributed by atoms with E-state index in [9.17, 15) is 8.42 Å². The Morgan fingerprint density at radius 3 is 2.19 bits per heavy atom. The summed E-state index contributed by atoms with van der Waals surface area (Å²) in [5.41, 5.74) is 1.97. The normalized spacial score (nSPS) is 13.4. The summed E-state index contributed by atoms with van der Waals surface area (Å²) in [4.78, 5) is 0. The number of sulfonamides is 1. The molecule has 2 aromatic carbocycles. The summed E-state index contributed by atoms with van der Waals surface area (Å²) < 4.78 is 26.7. The quantitative estimate of drug-likeness (QED) is 0.890. The van der Waals surface area contributed by atoms with Crippen molar-refractivity contribution in [1.82, 2.24) is 4.72 Å². The van der Waals surface area contributed by atoms with Crippen LogP contribution in [0.2, 0.25) is 0 Å². The van der Waals surface area contributed by atoms with Crippen LogP contribution in [0.1, 0.15) is 18.1 Å². The third-order valence-corrected chi connectivity index (χ3v) is 4.21. The lowest BCUT2D eigenvalue weighted by molar-refractivity contribution is 0.569. The van der Waals surface area contributed by atoms with Gasteiger partial charge in [0.25, 0.3) is 0 Å². The van der Waals surface area contributed by atoms with Gasteiger partial charge in [0.15, 0.2) is 0 Å². The molecule has 3 nitrogen and oxygen atoms in total. The molecule has 0 heterocycles. The van der Waals surface area contributed by atoms with Crippen LogP contribution in [0.25, 0.3) is 6.08 Å². The van der Waals surface area contributed by atoms with Crippen LogP contribution in [0, 0.1) is 0 Å². The lowest BCUT2D eigenvalue weighted by atomic mass is 10.1. The van der Waals surface area contributed by atoms with E-state index in [0.717, 1.165) is 11.1 Å². The second-order valence-electron chi connectivity index (χ2n) is 4.97. The maximum atomic E-state index is 12.0. The third-order valence-electron chi connectivity index (χ3n) is 2.99. The minimum absolute atomic E-state index is 0.155. The lowest BCUT2D eigenvalue weighted by Crippen LogP contribution is -2.32. The van der Waals surface area contributed by atoms with E-state index in [2.05, 4.69) is 4.72 Å². The number of hydrogen-bond acceptors (Lipinski definition) is 2. The van der Waals surface area contributed by atoms with Gasteiger partial charge < -0.3 is 0 Å². The smallest absolute Gasteiger partial charge is 0.209 e. The Bertz CT molecular complexity index is 679. The first-order valence-corrected chi connectivity index (χ1v) is 8.39. The van der Waals surface area contributed by atoms with Crippen LogP contribution < -0.4 is 4.72 Å². The van der Waals surface area contributed by atoms with Gasteiger partial charge in [0.05, 0.1) is 0 Å². The molecular formula is C17H19NO2S. The number of benzene rings is 2. The molecule has 110 valence electrons. The molecule has 0 saturated heterocycles. The predicted octanol–water partition coefficient (Wildman–Crippen LogP) is 3.21. The van der Waals surface area contributed by atoms with Crippen molar-refractivity contribution < 1.29 is 8.42 Å². The lowest BCUT2D eigenvalue weighted by Gasteiger charge is -2.12. The Balaban J connectivity index is 1.96. The number of nitrogens with one attached hydrogen (secondary N) is 1. The van der Waals surface area contributed by atoms with Crippen LogP contribution in [0.3, 0.4) is 0 Å². The summed E-state index contributed by atoms with van der Waals surface area (Å²) >= 11 is 0. The Hall–Kier alpha value is -1.91. The molecule has 0 saturated carbocycles. The zero-order valence-electron chi connectivity index (χ0n) is 11.9. The van der Waals surface area contributed by atoms with Gasteiger partial charge in [0.1, 0.15) is 0 Å². The fourth-order valence-electron chi connectivity index (χ4n) is 2.06. The van der Waals surface area contributed by atoms with Crippen molar-refractivity contribution in [2.45, 2.75) is 19.4 Å². The van der Waals surface area contributed by atoms with Crippen molar-refractivity contribution in [2.75, 3.05) is 0 Å². The van der Waals surface area contributed by atoms with Crippen molar-refractivity contribution >= 4 is 16.1 Å². The molecule has 0 bridgehead atoms. The van der Waals surface area contributed by atoms with Gasteiger partial charge in [-0.05, 0) is 30.5 Å². The van der Waals surface area contributed by atoms with Crippen molar-refractivity contribution in [3.8, 4) is 0 Å². The maximum Gasteiger partial charge on any atom is 0.233 e. The van der Waals surface area contributed by atoms with E-state index >= 15 is 0 Å². The zero-order valence-corrected chi connectivity index (χ0v) is 12.8. The first kappa shape index (κ1) is 15.5. The minimum Gasteiger partial charge on any atom is -0.209 e. The summed E-state index contributed by atoms with van der Waals surface area (Å²) in [6.45, 7) is 1.86. The van der Waals surface area contributed by atoms with E-state index in [4.69, 9.17) is 0 Å². The highest BCUT2D eigenvalue weighted by Crippen LogP contribution is 2.06. The molecule has 0 amide bonds. The highest BCUT2D eigenvalue weighted by molar-refractivity contribution is 7.92. The highest BCUT2D eigenvalue weighted by Gasteiger charge is 2.11. The average molecular weight is 301 g/mol. The topological polar surface area (TPSA) is 46.2 Å². The minimum atomic E-state index is -3.43. The average Bonchev–Trinajstić information content (AvgIpc) is 2.47. The van der Waals surface area contributed by atoms with E-state index in [1.807, 2.05) is 67.6 Å². The third kappa shape index (κ3) is 5.53. The van der Waals surface area contributed by atoms with Gasteiger partial charge in [-0.15, -0.1) is 0 Å². The molecule has 2 aromatic rings. The second-order valence-corrected chi connectivity index (χ2v) is 6.56. The fraction of sp³-hybridized carbons (Fsp3) is 0.176. The van der Waals surface area contributed by atoms with Crippen LogP contribution in [-0.2, 0) is 16.4 Å². The molecule has 0 aromatic heterocycles. The SMILES string of the molecule is C[C@@H](Cc1ccccc1)NS(=O)(=O)/C=C/c1ccccc1. The molecular weight excluding hydrogens is 282 g/mol. The van der Waals surface area contributed by atoms with Gasteiger partial charge in [0, 0.05) is 11.4 Å². The summed E-state index contributed by atoms with van der Waals surface area (Å²) in [5.74, 6) is 0. The van der Waals surface area contributed by atoms with Gasteiger partial charge in [0.2, 0.25) is 10.0 Å². The van der Waals surface area contributed by atoms with E-state index in [1.54, 1.807) is 6.08 Å². The van der Waals surface area contributed by atoms with Crippen LogP contribution >= 0.6 is 0 Å². The van der Waals surface area contributed by atoms with Crippen molar-refractivity contribution in [3.05, 3.63) is 77.2 Å². The molecule has 1 N–H and O–H groups in total. The Morgan fingerprint density at radius 2 is 1.57 bits per heavy atom. The monoisotopic (exact) mass is 301 g/mol. The first-order valence-electron chi connectivity index (χ1n) is 6.84. The zero-order chi connectivity index (χ0) is 15.1. The van der Waals surface area contributed by atoms with Crippen LogP contribution in [0.5, 0.6) is 0 Å².